The third kappa shape index (κ3) is 3.82. The van der Waals surface area contributed by atoms with Crippen LogP contribution in [0.1, 0.15) is 56.8 Å². The van der Waals surface area contributed by atoms with E-state index < -0.39 is 23.3 Å². The number of carbonyl (C=O) groups excluding carboxylic acids is 2. The molecule has 5 aromatic carbocycles. The van der Waals surface area contributed by atoms with Gasteiger partial charge in [0.2, 0.25) is 0 Å². The summed E-state index contributed by atoms with van der Waals surface area (Å²) in [6.45, 7) is 4.43. The Morgan fingerprint density at radius 1 is 0.714 bits per heavy atom. The third-order valence-corrected chi connectivity index (χ3v) is 8.36. The van der Waals surface area contributed by atoms with E-state index in [9.17, 15) is 22.8 Å². The summed E-state index contributed by atoms with van der Waals surface area (Å²) in [6, 6.07) is 31.2. The minimum Gasteiger partial charge on any atom is -0.310 e. The van der Waals surface area contributed by atoms with Crippen LogP contribution < -0.4 is 4.90 Å². The first kappa shape index (κ1) is 26.0. The van der Waals surface area contributed by atoms with Gasteiger partial charge in [-0.3, -0.25) is 9.59 Å². The van der Waals surface area contributed by atoms with Crippen molar-refractivity contribution < 1.29 is 22.8 Å². The van der Waals surface area contributed by atoms with Gasteiger partial charge in [-0.2, -0.15) is 13.2 Å². The van der Waals surface area contributed by atoms with Gasteiger partial charge in [0.25, 0.3) is 0 Å². The first-order chi connectivity index (χ1) is 20.1. The van der Waals surface area contributed by atoms with Gasteiger partial charge in [0.15, 0.2) is 11.6 Å². The SMILES string of the molecule is CC1(C)c2ccccc2N(c2ccccc2)c2ccc3cc(C=C4C(=O)c5ccc(C(F)(F)F)cc5C4=O)ccc3c21. The average Bonchev–Trinajstić information content (AvgIpc) is 3.21. The fourth-order valence-corrected chi connectivity index (χ4v) is 6.38. The van der Waals surface area contributed by atoms with Gasteiger partial charge in [-0.15, -0.1) is 0 Å². The van der Waals surface area contributed by atoms with Gasteiger partial charge >= 0.3 is 6.18 Å². The van der Waals surface area contributed by atoms with Crippen LogP contribution in [0.2, 0.25) is 0 Å². The number of rotatable bonds is 2. The molecule has 3 nitrogen and oxygen atoms in total. The van der Waals surface area contributed by atoms with Gasteiger partial charge < -0.3 is 4.90 Å². The first-order valence-corrected chi connectivity index (χ1v) is 13.6. The Kier molecular flexibility index (Phi) is 5.57. The predicted octanol–water partition coefficient (Wildman–Crippen LogP) is 9.43. The lowest BCUT2D eigenvalue weighted by Gasteiger charge is -2.42. The molecule has 0 spiro atoms. The molecule has 0 saturated carbocycles. The molecule has 206 valence electrons. The quantitative estimate of drug-likeness (QED) is 0.160. The molecular formula is C36H24F3NO2. The topological polar surface area (TPSA) is 37.4 Å². The Bertz CT molecular complexity index is 1990. The maximum Gasteiger partial charge on any atom is 0.416 e. The number of halogens is 3. The molecule has 42 heavy (non-hydrogen) atoms. The second-order valence-corrected chi connectivity index (χ2v) is 11.2. The monoisotopic (exact) mass is 559 g/mol. The number of allylic oxidation sites excluding steroid dienone is 1. The number of para-hydroxylation sites is 2. The molecule has 0 saturated heterocycles. The number of Topliss-reactive ketones (excluding diaryl/α,β-unsaturated/α-hetero) is 2. The van der Waals surface area contributed by atoms with Crippen LogP contribution in [0.3, 0.4) is 0 Å². The Morgan fingerprint density at radius 3 is 2.19 bits per heavy atom. The average molecular weight is 560 g/mol. The summed E-state index contributed by atoms with van der Waals surface area (Å²) in [7, 11) is 0. The van der Waals surface area contributed by atoms with E-state index in [4.69, 9.17) is 0 Å². The van der Waals surface area contributed by atoms with E-state index in [0.29, 0.717) is 5.56 Å². The molecule has 0 N–H and O–H groups in total. The second kappa shape index (κ2) is 9.02. The van der Waals surface area contributed by atoms with Crippen molar-refractivity contribution in [3.05, 3.63) is 142 Å². The number of anilines is 3. The molecule has 0 amide bonds. The number of fused-ring (bicyclic) bond motifs is 5. The van der Waals surface area contributed by atoms with E-state index in [1.807, 2.05) is 48.5 Å². The zero-order valence-electron chi connectivity index (χ0n) is 22.8. The number of hydrogen-bond donors (Lipinski definition) is 0. The van der Waals surface area contributed by atoms with Crippen LogP contribution in [0.25, 0.3) is 16.8 Å². The highest BCUT2D eigenvalue weighted by Crippen LogP contribution is 2.53. The van der Waals surface area contributed by atoms with Gasteiger partial charge in [0, 0.05) is 22.2 Å². The summed E-state index contributed by atoms with van der Waals surface area (Å²) in [4.78, 5) is 28.4. The highest BCUT2D eigenvalue weighted by Gasteiger charge is 2.39. The number of ketones is 2. The molecule has 0 radical (unpaired) electrons. The van der Waals surface area contributed by atoms with E-state index in [2.05, 4.69) is 55.1 Å². The highest BCUT2D eigenvalue weighted by atomic mass is 19.4. The van der Waals surface area contributed by atoms with E-state index in [-0.39, 0.29) is 22.1 Å². The normalized spacial score (nSPS) is 16.5. The van der Waals surface area contributed by atoms with E-state index in [0.717, 1.165) is 51.6 Å². The highest BCUT2D eigenvalue weighted by molar-refractivity contribution is 6.41. The lowest BCUT2D eigenvalue weighted by molar-refractivity contribution is -0.137. The molecule has 0 unspecified atom stereocenters. The molecule has 0 bridgehead atoms. The van der Waals surface area contributed by atoms with Gasteiger partial charge in [0.1, 0.15) is 0 Å². The zero-order chi connectivity index (χ0) is 29.4. The van der Waals surface area contributed by atoms with Crippen LogP contribution in [0.15, 0.2) is 109 Å². The Morgan fingerprint density at radius 2 is 1.43 bits per heavy atom. The van der Waals surface area contributed by atoms with Gasteiger partial charge in [-0.25, -0.2) is 0 Å². The zero-order valence-corrected chi connectivity index (χ0v) is 22.8. The third-order valence-electron chi connectivity index (χ3n) is 8.36. The molecule has 7 rings (SSSR count). The summed E-state index contributed by atoms with van der Waals surface area (Å²) in [6.07, 6.45) is -3.12. The Balaban J connectivity index is 1.35. The van der Waals surface area contributed by atoms with Crippen LogP contribution in [-0.2, 0) is 11.6 Å². The van der Waals surface area contributed by atoms with Crippen LogP contribution in [-0.4, -0.2) is 11.6 Å². The summed E-state index contributed by atoms with van der Waals surface area (Å²) in [5, 5.41) is 1.97. The first-order valence-electron chi connectivity index (χ1n) is 13.6. The molecule has 0 atom stereocenters. The van der Waals surface area contributed by atoms with Crippen LogP contribution in [0.5, 0.6) is 0 Å². The van der Waals surface area contributed by atoms with Crippen molar-refractivity contribution in [3.8, 4) is 0 Å². The minimum absolute atomic E-state index is 0.00414. The molecule has 5 aromatic rings. The van der Waals surface area contributed by atoms with E-state index >= 15 is 0 Å². The summed E-state index contributed by atoms with van der Waals surface area (Å²) in [5.41, 5.74) is 4.58. The fourth-order valence-electron chi connectivity index (χ4n) is 6.38. The maximum atomic E-state index is 13.2. The van der Waals surface area contributed by atoms with Crippen LogP contribution in [0.4, 0.5) is 30.2 Å². The van der Waals surface area contributed by atoms with Gasteiger partial charge in [0.05, 0.1) is 22.5 Å². The molecule has 1 heterocycles. The lowest BCUT2D eigenvalue weighted by Crippen LogP contribution is -2.30. The number of hydrogen-bond acceptors (Lipinski definition) is 3. The van der Waals surface area contributed by atoms with Gasteiger partial charge in [-0.05, 0) is 82.1 Å². The Hall–Kier alpha value is -4.97. The maximum absolute atomic E-state index is 13.2. The van der Waals surface area contributed by atoms with Gasteiger partial charge in [-0.1, -0.05) is 68.4 Å². The number of benzene rings is 5. The van der Waals surface area contributed by atoms with Crippen LogP contribution in [0, 0.1) is 0 Å². The number of nitrogens with zero attached hydrogens (tertiary/aromatic N) is 1. The van der Waals surface area contributed by atoms with Crippen molar-refractivity contribution in [2.24, 2.45) is 0 Å². The molecule has 1 aliphatic heterocycles. The summed E-state index contributed by atoms with van der Waals surface area (Å²) < 4.78 is 39.7. The molecular weight excluding hydrogens is 535 g/mol. The molecule has 1 aliphatic carbocycles. The van der Waals surface area contributed by atoms with Crippen molar-refractivity contribution in [2.75, 3.05) is 4.90 Å². The van der Waals surface area contributed by atoms with Crippen LogP contribution >= 0.6 is 0 Å². The van der Waals surface area contributed by atoms with Crippen molar-refractivity contribution in [1.29, 1.82) is 0 Å². The lowest BCUT2D eigenvalue weighted by atomic mass is 9.71. The smallest absolute Gasteiger partial charge is 0.310 e. The van der Waals surface area contributed by atoms with E-state index in [1.165, 1.54) is 11.6 Å². The van der Waals surface area contributed by atoms with Crippen molar-refractivity contribution in [1.82, 2.24) is 0 Å². The van der Waals surface area contributed by atoms with Crippen molar-refractivity contribution in [2.45, 2.75) is 25.4 Å². The number of carbonyl (C=O) groups is 2. The largest absolute Gasteiger partial charge is 0.416 e. The fraction of sp³-hybridized carbons (Fsp3) is 0.111. The standard InChI is InChI=1S/C36H24F3NO2/c1-35(2)29-10-6-7-11-30(29)40(24-8-4-3-5-9-24)31-17-13-22-18-21(12-15-25(22)32(31)35)19-28-33(41)26-16-14-23(36(37,38)39)20-27(26)34(28)42/h3-20H,1-2H3. The molecule has 0 fully saturated rings. The minimum atomic E-state index is -4.60. The van der Waals surface area contributed by atoms with Crippen molar-refractivity contribution in [3.63, 3.8) is 0 Å². The summed E-state index contributed by atoms with van der Waals surface area (Å²) in [5.74, 6) is -1.26. The molecule has 2 aliphatic rings. The second-order valence-electron chi connectivity index (χ2n) is 11.2. The molecule has 0 aromatic heterocycles. The molecule has 6 heteroatoms. The van der Waals surface area contributed by atoms with E-state index in [1.54, 1.807) is 0 Å². The van der Waals surface area contributed by atoms with Crippen molar-refractivity contribution >= 4 is 45.5 Å². The predicted molar refractivity (Wildman–Crippen MR) is 159 cm³/mol. The number of alkyl halides is 3. The summed E-state index contributed by atoms with van der Waals surface area (Å²) >= 11 is 0. The Labute approximate surface area is 240 Å².